The average molecular weight is 379 g/mol. The van der Waals surface area contributed by atoms with Crippen LogP contribution in [0.2, 0.25) is 0 Å². The molecule has 1 heterocycles. The first-order valence-electron chi connectivity index (χ1n) is 9.04. The van der Waals surface area contributed by atoms with Gasteiger partial charge in [0.25, 0.3) is 0 Å². The summed E-state index contributed by atoms with van der Waals surface area (Å²) in [4.78, 5) is 2.12. The number of allylic oxidation sites excluding steroid dienone is 2. The Morgan fingerprint density at radius 2 is 1.96 bits per heavy atom. The van der Waals surface area contributed by atoms with Crippen molar-refractivity contribution in [3.63, 3.8) is 0 Å². The molecule has 142 valence electrons. The topological polar surface area (TPSA) is 101 Å². The molecule has 0 saturated carbocycles. The SMILES string of the molecule is CCCN1CC=C2C(C#N)=C(N)C(C#N)(C#N)[C@@H](c3ccc(F)cc3F)[C@H]2C1. The van der Waals surface area contributed by atoms with Crippen molar-refractivity contribution in [3.05, 3.63) is 58.3 Å². The summed E-state index contributed by atoms with van der Waals surface area (Å²) in [5, 5.41) is 29.5. The fourth-order valence-corrected chi connectivity index (χ4v) is 4.34. The molecule has 28 heavy (non-hydrogen) atoms. The first kappa shape index (κ1) is 19.5. The maximum atomic E-state index is 14.7. The minimum atomic E-state index is -1.92. The Bertz CT molecular complexity index is 976. The van der Waals surface area contributed by atoms with E-state index in [0.717, 1.165) is 25.1 Å². The van der Waals surface area contributed by atoms with Gasteiger partial charge in [0.1, 0.15) is 17.7 Å². The summed E-state index contributed by atoms with van der Waals surface area (Å²) in [6.07, 6.45) is 2.76. The molecule has 7 heteroatoms. The molecule has 1 aliphatic carbocycles. The number of hydrogen-bond donors (Lipinski definition) is 1. The van der Waals surface area contributed by atoms with E-state index in [2.05, 4.69) is 4.90 Å². The van der Waals surface area contributed by atoms with E-state index in [0.29, 0.717) is 18.7 Å². The molecule has 1 aliphatic heterocycles. The molecule has 2 atom stereocenters. The van der Waals surface area contributed by atoms with Crippen molar-refractivity contribution in [2.75, 3.05) is 19.6 Å². The normalized spacial score (nSPS) is 23.8. The van der Waals surface area contributed by atoms with Gasteiger partial charge in [-0.05, 0) is 30.2 Å². The van der Waals surface area contributed by atoms with Crippen molar-refractivity contribution < 1.29 is 8.78 Å². The Balaban J connectivity index is 2.30. The van der Waals surface area contributed by atoms with Gasteiger partial charge < -0.3 is 5.73 Å². The minimum absolute atomic E-state index is 0.0543. The van der Waals surface area contributed by atoms with Crippen LogP contribution in [0.4, 0.5) is 8.78 Å². The van der Waals surface area contributed by atoms with Crippen molar-refractivity contribution >= 4 is 0 Å². The van der Waals surface area contributed by atoms with Gasteiger partial charge in [0.15, 0.2) is 5.41 Å². The van der Waals surface area contributed by atoms with Crippen LogP contribution in [0.1, 0.15) is 24.8 Å². The predicted octanol–water partition coefficient (Wildman–Crippen LogP) is 3.10. The van der Waals surface area contributed by atoms with Crippen LogP contribution in [-0.2, 0) is 0 Å². The zero-order valence-electron chi connectivity index (χ0n) is 15.4. The highest BCUT2D eigenvalue weighted by atomic mass is 19.1. The lowest BCUT2D eigenvalue weighted by Crippen LogP contribution is -2.48. The van der Waals surface area contributed by atoms with Gasteiger partial charge in [-0.3, -0.25) is 4.90 Å². The minimum Gasteiger partial charge on any atom is -0.399 e. The smallest absolute Gasteiger partial charge is 0.191 e. The predicted molar refractivity (Wildman–Crippen MR) is 97.9 cm³/mol. The lowest BCUT2D eigenvalue weighted by Gasteiger charge is -2.45. The molecule has 0 amide bonds. The second-order valence-electron chi connectivity index (χ2n) is 7.10. The second-order valence-corrected chi connectivity index (χ2v) is 7.10. The number of benzene rings is 1. The first-order chi connectivity index (χ1) is 13.4. The van der Waals surface area contributed by atoms with Gasteiger partial charge in [-0.15, -0.1) is 0 Å². The molecule has 0 saturated heterocycles. The summed E-state index contributed by atoms with van der Waals surface area (Å²) >= 11 is 0. The van der Waals surface area contributed by atoms with Crippen molar-refractivity contribution in [1.29, 1.82) is 15.8 Å². The van der Waals surface area contributed by atoms with Crippen LogP contribution in [0.25, 0.3) is 0 Å². The van der Waals surface area contributed by atoms with Crippen molar-refractivity contribution in [3.8, 4) is 18.2 Å². The summed E-state index contributed by atoms with van der Waals surface area (Å²) < 4.78 is 28.2. The lowest BCUT2D eigenvalue weighted by molar-refractivity contribution is 0.205. The second kappa shape index (κ2) is 7.43. The first-order valence-corrected chi connectivity index (χ1v) is 9.04. The van der Waals surface area contributed by atoms with E-state index in [-0.39, 0.29) is 16.8 Å². The molecule has 0 spiro atoms. The molecule has 0 bridgehead atoms. The van der Waals surface area contributed by atoms with Crippen molar-refractivity contribution in [2.24, 2.45) is 17.1 Å². The summed E-state index contributed by atoms with van der Waals surface area (Å²) in [5.41, 5.74) is 4.87. The van der Waals surface area contributed by atoms with Crippen LogP contribution in [0, 0.1) is 57.0 Å². The van der Waals surface area contributed by atoms with E-state index in [1.54, 1.807) is 0 Å². The number of nitrogens with zero attached hydrogens (tertiary/aromatic N) is 4. The zero-order chi connectivity index (χ0) is 20.5. The molecule has 1 aromatic rings. The van der Waals surface area contributed by atoms with Gasteiger partial charge >= 0.3 is 0 Å². The molecule has 0 fully saturated rings. The molecular formula is C21H19F2N5. The molecular weight excluding hydrogens is 360 g/mol. The van der Waals surface area contributed by atoms with E-state index < -0.39 is 28.9 Å². The van der Waals surface area contributed by atoms with Crippen molar-refractivity contribution in [2.45, 2.75) is 19.3 Å². The van der Waals surface area contributed by atoms with Crippen LogP contribution in [0.5, 0.6) is 0 Å². The number of fused-ring (bicyclic) bond motifs is 1. The van der Waals surface area contributed by atoms with Crippen LogP contribution in [0.15, 0.2) is 41.1 Å². The zero-order valence-corrected chi connectivity index (χ0v) is 15.4. The van der Waals surface area contributed by atoms with Crippen LogP contribution >= 0.6 is 0 Å². The number of nitriles is 3. The Labute approximate surface area is 162 Å². The van der Waals surface area contributed by atoms with E-state index in [1.165, 1.54) is 6.07 Å². The van der Waals surface area contributed by atoms with Gasteiger partial charge in [0, 0.05) is 31.0 Å². The van der Waals surface area contributed by atoms with Gasteiger partial charge in [-0.25, -0.2) is 8.78 Å². The highest BCUT2D eigenvalue weighted by molar-refractivity contribution is 5.59. The average Bonchev–Trinajstić information content (AvgIpc) is 2.68. The number of nitrogens with two attached hydrogens (primary N) is 1. The van der Waals surface area contributed by atoms with Crippen LogP contribution in [0.3, 0.4) is 0 Å². The Hall–Kier alpha value is -3.21. The third-order valence-electron chi connectivity index (χ3n) is 5.58. The largest absolute Gasteiger partial charge is 0.399 e. The van der Waals surface area contributed by atoms with E-state index >= 15 is 0 Å². The molecule has 0 aromatic heterocycles. The highest BCUT2D eigenvalue weighted by Gasteiger charge is 2.55. The molecule has 2 aliphatic rings. The van der Waals surface area contributed by atoms with Crippen LogP contribution in [-0.4, -0.2) is 24.5 Å². The van der Waals surface area contributed by atoms with E-state index in [4.69, 9.17) is 5.73 Å². The molecule has 3 rings (SSSR count). The Morgan fingerprint density at radius 3 is 2.54 bits per heavy atom. The van der Waals surface area contributed by atoms with E-state index in [9.17, 15) is 24.6 Å². The number of hydrogen-bond acceptors (Lipinski definition) is 5. The highest BCUT2D eigenvalue weighted by Crippen LogP contribution is 2.54. The summed E-state index contributed by atoms with van der Waals surface area (Å²) in [6.45, 7) is 3.87. The summed E-state index contributed by atoms with van der Waals surface area (Å²) in [6, 6.07) is 9.04. The molecule has 1 aromatic carbocycles. The summed E-state index contributed by atoms with van der Waals surface area (Å²) in [7, 11) is 0. The third-order valence-corrected chi connectivity index (χ3v) is 5.58. The number of rotatable bonds is 3. The maximum absolute atomic E-state index is 14.7. The summed E-state index contributed by atoms with van der Waals surface area (Å²) in [5.74, 6) is -3.02. The monoisotopic (exact) mass is 379 g/mol. The fourth-order valence-electron chi connectivity index (χ4n) is 4.34. The molecule has 5 nitrogen and oxygen atoms in total. The molecule has 0 unspecified atom stereocenters. The van der Waals surface area contributed by atoms with Crippen molar-refractivity contribution in [1.82, 2.24) is 4.90 Å². The quantitative estimate of drug-likeness (QED) is 0.870. The van der Waals surface area contributed by atoms with Gasteiger partial charge in [-0.2, -0.15) is 15.8 Å². The Morgan fingerprint density at radius 1 is 1.25 bits per heavy atom. The standard InChI is InChI=1S/C21H19F2N5/c1-2-6-28-7-5-14-16(9-24)20(27)21(11-25,12-26)19(17(14)10-28)15-4-3-13(22)8-18(15)23/h3-5,8,17,19H,2,6-7,10,27H2,1H3/t17-,19-/m0/s1. The van der Waals surface area contributed by atoms with Gasteiger partial charge in [0.05, 0.1) is 23.4 Å². The number of halogens is 2. The van der Waals surface area contributed by atoms with Gasteiger partial charge in [-0.1, -0.05) is 19.1 Å². The van der Waals surface area contributed by atoms with Gasteiger partial charge in [0.2, 0.25) is 0 Å². The lowest BCUT2D eigenvalue weighted by atomic mass is 9.58. The van der Waals surface area contributed by atoms with Crippen LogP contribution < -0.4 is 5.73 Å². The fraction of sp³-hybridized carbons (Fsp3) is 0.381. The molecule has 2 N–H and O–H groups in total. The third kappa shape index (κ3) is 2.83. The Kier molecular flexibility index (Phi) is 5.18. The van der Waals surface area contributed by atoms with E-state index in [1.807, 2.05) is 31.2 Å². The maximum Gasteiger partial charge on any atom is 0.191 e. The molecule has 0 radical (unpaired) electrons.